The lowest BCUT2D eigenvalue weighted by Gasteiger charge is -2.19. The minimum atomic E-state index is -0.250. The molecule has 6 heteroatoms. The fourth-order valence-electron chi connectivity index (χ4n) is 3.06. The molecule has 3 rings (SSSR count). The van der Waals surface area contributed by atoms with Gasteiger partial charge in [-0.1, -0.05) is 12.1 Å². The van der Waals surface area contributed by atoms with Crippen LogP contribution in [0.1, 0.15) is 17.7 Å². The summed E-state index contributed by atoms with van der Waals surface area (Å²) in [7, 11) is 3.50. The van der Waals surface area contributed by atoms with Gasteiger partial charge in [0.15, 0.2) is 0 Å². The molecule has 0 aliphatic carbocycles. The van der Waals surface area contributed by atoms with Crippen LogP contribution < -0.4 is 15.0 Å². The van der Waals surface area contributed by atoms with Crippen LogP contribution in [0.5, 0.6) is 5.75 Å². The van der Waals surface area contributed by atoms with Crippen LogP contribution in [0.3, 0.4) is 0 Å². The normalized spacial score (nSPS) is 17.7. The van der Waals surface area contributed by atoms with Crippen LogP contribution in [-0.2, 0) is 11.8 Å². The summed E-state index contributed by atoms with van der Waals surface area (Å²) in [5.41, 5.74) is 2.86. The average molecular weight is 314 g/mol. The van der Waals surface area contributed by atoms with Gasteiger partial charge < -0.3 is 10.1 Å². The zero-order valence-corrected chi connectivity index (χ0v) is 14.0. The monoisotopic (exact) mass is 314 g/mol. The van der Waals surface area contributed by atoms with Crippen LogP contribution in [-0.4, -0.2) is 35.4 Å². The number of nitrogens with zero attached hydrogens (tertiary/aromatic N) is 3. The molecule has 0 bridgehead atoms. The Morgan fingerprint density at radius 2 is 2.13 bits per heavy atom. The van der Waals surface area contributed by atoms with E-state index < -0.39 is 0 Å². The first-order valence-corrected chi connectivity index (χ1v) is 7.73. The Balaban J connectivity index is 1.82. The van der Waals surface area contributed by atoms with Gasteiger partial charge in [-0.15, -0.1) is 0 Å². The fraction of sp³-hybridized carbons (Fsp3) is 0.412. The molecule has 1 aromatic carbocycles. The van der Waals surface area contributed by atoms with Crippen molar-refractivity contribution in [3.8, 4) is 5.75 Å². The predicted octanol–water partition coefficient (Wildman–Crippen LogP) is 2.26. The molecule has 1 aromatic heterocycles. The average Bonchev–Trinajstić information content (AvgIpc) is 3.03. The maximum Gasteiger partial charge on any atom is 0.250 e. The zero-order chi connectivity index (χ0) is 16.6. The van der Waals surface area contributed by atoms with Gasteiger partial charge >= 0.3 is 0 Å². The van der Waals surface area contributed by atoms with E-state index in [9.17, 15) is 4.79 Å². The Morgan fingerprint density at radius 3 is 2.78 bits per heavy atom. The molecule has 2 heterocycles. The number of carbonyl (C=O) groups excluding carboxylic acids is 1. The minimum Gasteiger partial charge on any atom is -0.495 e. The van der Waals surface area contributed by atoms with E-state index in [-0.39, 0.29) is 11.9 Å². The molecule has 1 fully saturated rings. The molecule has 1 unspecified atom stereocenters. The summed E-state index contributed by atoms with van der Waals surface area (Å²) in [5.74, 6) is 1.67. The van der Waals surface area contributed by atoms with Gasteiger partial charge in [-0.2, -0.15) is 5.10 Å². The van der Waals surface area contributed by atoms with Crippen molar-refractivity contribution in [3.05, 3.63) is 35.5 Å². The minimum absolute atomic E-state index is 0.0679. The van der Waals surface area contributed by atoms with E-state index in [4.69, 9.17) is 4.74 Å². The van der Waals surface area contributed by atoms with Crippen LogP contribution >= 0.6 is 0 Å². The Morgan fingerprint density at radius 1 is 1.35 bits per heavy atom. The molecule has 1 aliphatic heterocycles. The van der Waals surface area contributed by atoms with E-state index in [2.05, 4.69) is 10.4 Å². The van der Waals surface area contributed by atoms with Crippen molar-refractivity contribution in [1.29, 1.82) is 0 Å². The summed E-state index contributed by atoms with van der Waals surface area (Å²) < 4.78 is 7.16. The van der Waals surface area contributed by atoms with E-state index >= 15 is 0 Å². The smallest absolute Gasteiger partial charge is 0.250 e. The molecule has 1 atom stereocenters. The van der Waals surface area contributed by atoms with Gasteiger partial charge in [0.25, 0.3) is 5.91 Å². The van der Waals surface area contributed by atoms with Crippen molar-refractivity contribution in [2.24, 2.45) is 7.05 Å². The molecular weight excluding hydrogens is 292 g/mol. The Labute approximate surface area is 136 Å². The Kier molecular flexibility index (Phi) is 3.98. The fourth-order valence-corrected chi connectivity index (χ4v) is 3.06. The molecule has 1 saturated heterocycles. The number of aromatic nitrogens is 2. The molecule has 0 saturated carbocycles. The summed E-state index contributed by atoms with van der Waals surface area (Å²) in [6.07, 6.45) is 0.751. The van der Waals surface area contributed by atoms with Crippen LogP contribution in [0.15, 0.2) is 24.3 Å². The Hall–Kier alpha value is -2.50. The number of hydrogen-bond donors (Lipinski definition) is 1. The summed E-state index contributed by atoms with van der Waals surface area (Å²) in [5, 5.41) is 7.68. The van der Waals surface area contributed by atoms with E-state index in [1.807, 2.05) is 45.2 Å². The number of hydrogen-bond acceptors (Lipinski definition) is 4. The van der Waals surface area contributed by atoms with E-state index in [0.717, 1.165) is 34.9 Å². The highest BCUT2D eigenvalue weighted by Gasteiger charge is 2.34. The van der Waals surface area contributed by atoms with Gasteiger partial charge in [-0.05, 0) is 31.9 Å². The van der Waals surface area contributed by atoms with Crippen molar-refractivity contribution in [1.82, 2.24) is 9.78 Å². The molecule has 0 radical (unpaired) electrons. The van der Waals surface area contributed by atoms with Gasteiger partial charge in [-0.3, -0.25) is 14.4 Å². The van der Waals surface area contributed by atoms with Gasteiger partial charge in [0.05, 0.1) is 18.5 Å². The number of methoxy groups -OCH3 is 1. The van der Waals surface area contributed by atoms with Crippen molar-refractivity contribution < 1.29 is 9.53 Å². The number of ether oxygens (including phenoxy) is 1. The van der Waals surface area contributed by atoms with Crippen LogP contribution in [0.4, 0.5) is 11.5 Å². The number of para-hydroxylation sites is 1. The first-order chi connectivity index (χ1) is 11.0. The topological polar surface area (TPSA) is 59.4 Å². The quantitative estimate of drug-likeness (QED) is 0.940. The van der Waals surface area contributed by atoms with Crippen LogP contribution in [0, 0.1) is 13.8 Å². The molecule has 6 nitrogen and oxygen atoms in total. The second kappa shape index (κ2) is 5.95. The molecule has 2 aromatic rings. The summed E-state index contributed by atoms with van der Waals surface area (Å²) in [4.78, 5) is 14.6. The highest BCUT2D eigenvalue weighted by molar-refractivity contribution is 6.00. The number of nitrogens with one attached hydrogen (secondary N) is 1. The number of aryl methyl sites for hydroxylation is 3. The zero-order valence-electron chi connectivity index (χ0n) is 14.0. The third-order valence-corrected chi connectivity index (χ3v) is 4.23. The lowest BCUT2D eigenvalue weighted by molar-refractivity contribution is -0.117. The molecule has 1 aliphatic rings. The second-order valence-corrected chi connectivity index (χ2v) is 5.90. The lowest BCUT2D eigenvalue weighted by Crippen LogP contribution is -2.34. The standard InChI is InChI=1S/C17H22N4O2/c1-11-6-5-7-14(23-4)16(11)18-13-8-9-21(17(13)22)15-10-12(2)19-20(15)3/h5-7,10,13,18H,8-9H2,1-4H3. The molecule has 0 spiro atoms. The largest absolute Gasteiger partial charge is 0.495 e. The van der Waals surface area contributed by atoms with Crippen LogP contribution in [0.2, 0.25) is 0 Å². The highest BCUT2D eigenvalue weighted by Crippen LogP contribution is 2.31. The molecular formula is C17H22N4O2. The van der Waals surface area contributed by atoms with Gasteiger partial charge in [-0.25, -0.2) is 0 Å². The van der Waals surface area contributed by atoms with E-state index in [1.54, 1.807) is 16.7 Å². The number of carbonyl (C=O) groups is 1. The van der Waals surface area contributed by atoms with Crippen LogP contribution in [0.25, 0.3) is 0 Å². The highest BCUT2D eigenvalue weighted by atomic mass is 16.5. The maximum absolute atomic E-state index is 12.8. The first kappa shape index (κ1) is 15.4. The van der Waals surface area contributed by atoms with Gasteiger partial charge in [0.2, 0.25) is 0 Å². The Bertz CT molecular complexity index is 738. The predicted molar refractivity (Wildman–Crippen MR) is 90.1 cm³/mol. The summed E-state index contributed by atoms with van der Waals surface area (Å²) >= 11 is 0. The number of benzene rings is 1. The van der Waals surface area contributed by atoms with Crippen molar-refractivity contribution >= 4 is 17.4 Å². The molecule has 23 heavy (non-hydrogen) atoms. The molecule has 1 amide bonds. The molecule has 1 N–H and O–H groups in total. The third-order valence-electron chi connectivity index (χ3n) is 4.23. The van der Waals surface area contributed by atoms with Crippen molar-refractivity contribution in [2.75, 3.05) is 23.9 Å². The SMILES string of the molecule is COc1cccc(C)c1NC1CCN(c2cc(C)nn2C)C1=O. The summed E-state index contributed by atoms with van der Waals surface area (Å²) in [6, 6.07) is 7.54. The lowest BCUT2D eigenvalue weighted by atomic mass is 10.1. The first-order valence-electron chi connectivity index (χ1n) is 7.73. The van der Waals surface area contributed by atoms with Gasteiger partial charge in [0, 0.05) is 19.7 Å². The third kappa shape index (κ3) is 2.76. The number of amides is 1. The number of anilines is 2. The van der Waals surface area contributed by atoms with E-state index in [0.29, 0.717) is 6.54 Å². The van der Waals surface area contributed by atoms with Crippen molar-refractivity contribution in [3.63, 3.8) is 0 Å². The summed E-state index contributed by atoms with van der Waals surface area (Å²) in [6.45, 7) is 4.62. The number of rotatable bonds is 4. The second-order valence-electron chi connectivity index (χ2n) is 5.90. The van der Waals surface area contributed by atoms with Crippen molar-refractivity contribution in [2.45, 2.75) is 26.3 Å². The van der Waals surface area contributed by atoms with E-state index in [1.165, 1.54) is 0 Å². The molecule has 122 valence electrons. The maximum atomic E-state index is 12.8. The van der Waals surface area contributed by atoms with Gasteiger partial charge in [0.1, 0.15) is 17.6 Å².